The average molecular weight is 1760 g/mol. The minimum absolute atomic E-state index is 0. The number of carbonyl (C=O) groups excluding carboxylic acids is 7. The van der Waals surface area contributed by atoms with Crippen LogP contribution in [0.4, 0.5) is 0 Å². The van der Waals surface area contributed by atoms with Crippen molar-refractivity contribution in [3.05, 3.63) is 12.3 Å². The molecule has 0 aromatic rings. The van der Waals surface area contributed by atoms with Gasteiger partial charge in [-0.25, -0.2) is 0 Å². The van der Waals surface area contributed by atoms with Gasteiger partial charge in [-0.3, -0.25) is 33.6 Å². The van der Waals surface area contributed by atoms with E-state index < -0.39 is 0 Å². The molecule has 10 heterocycles. The molecule has 10 saturated heterocycles. The molecule has 5 atom stereocenters. The predicted molar refractivity (Wildman–Crippen MR) is 523 cm³/mol. The summed E-state index contributed by atoms with van der Waals surface area (Å²) in [6.45, 7) is 76.0. The summed E-state index contributed by atoms with van der Waals surface area (Å²) >= 11 is 0. The normalized spacial score (nSPS) is 29.0. The van der Waals surface area contributed by atoms with Crippen molar-refractivity contribution in [1.82, 2.24) is 49.4 Å². The zero-order chi connectivity index (χ0) is 90.9. The van der Waals surface area contributed by atoms with Crippen LogP contribution < -0.4 is 5.32 Å². The summed E-state index contributed by atoms with van der Waals surface area (Å²) in [6, 6.07) is 6.13. The standard InChI is InChI=1S/C13H21NO2.C13H23NO2.4C12H21NO.C11H20N2.C11H21N.C10H19N.2CH4/c1-10(2)14-5-3-13(4-6-14)8-11(15)7-12(16)9-13;1-4-16-12(15)11-9-13(11)5-7-14(8-6-13)10(2)3;4*1-9(2)13-6-4-12(5-7-13)8-11(12)10(3)14;1-9(2)13-6-4-11(5-7-13)8-10(3)12-11;1-10(2)12-8-6-11(7-9-12)4-3-5-11;1-9(2)11-7-5-10(3-4-10)6-8-11;;/h10H,3-9H2,1-2H3;10-11H,4-9H2,1-3H3;4*9,11H,4-8H2,1-3H3;9,12H,3-8H2,1-2H3;10H,3-9H2,1-2H3;9H,3-8H2,1-2H3;2*1H4. The van der Waals surface area contributed by atoms with Crippen molar-refractivity contribution in [2.24, 2.45) is 72.9 Å². The molecule has 0 radical (unpaired) electrons. The molecular formula is C108H196N10O8. The summed E-state index contributed by atoms with van der Waals surface area (Å²) in [5, 5.41) is 3.50. The number of piperidine rings is 9. The van der Waals surface area contributed by atoms with Crippen LogP contribution in [0, 0.1) is 72.9 Å². The van der Waals surface area contributed by atoms with Gasteiger partial charge in [0.25, 0.3) is 0 Å². The second-order valence-corrected chi connectivity index (χ2v) is 47.1. The smallest absolute Gasteiger partial charge is 0.309 e. The molecule has 18 rings (SSSR count). The van der Waals surface area contributed by atoms with Crippen LogP contribution in [0.25, 0.3) is 0 Å². The number of hydrogen-bond donors (Lipinski definition) is 1. The lowest BCUT2D eigenvalue weighted by Crippen LogP contribution is -2.60. The Balaban J connectivity index is 0.000000175. The first-order valence-electron chi connectivity index (χ1n) is 51.7. The molecule has 0 aromatic heterocycles. The lowest BCUT2D eigenvalue weighted by Gasteiger charge is -2.51. The molecule has 5 unspecified atom stereocenters. The highest BCUT2D eigenvalue weighted by Crippen LogP contribution is 2.64. The average Bonchev–Trinajstić information content (AvgIpc) is 1.59. The van der Waals surface area contributed by atoms with E-state index in [2.05, 4.69) is 181 Å². The van der Waals surface area contributed by atoms with E-state index >= 15 is 0 Å². The summed E-state index contributed by atoms with van der Waals surface area (Å²) in [6.07, 6.45) is 38.9. The maximum atomic E-state index is 11.7. The lowest BCUT2D eigenvalue weighted by molar-refractivity contribution is -0.146. The number of nitrogens with one attached hydrogen (secondary N) is 1. The largest absolute Gasteiger partial charge is 0.466 e. The van der Waals surface area contributed by atoms with Crippen molar-refractivity contribution < 1.29 is 38.3 Å². The van der Waals surface area contributed by atoms with Crippen molar-refractivity contribution in [2.75, 3.05) is 124 Å². The van der Waals surface area contributed by atoms with Gasteiger partial charge < -0.3 is 54.2 Å². The molecule has 18 aliphatic rings. The highest BCUT2D eigenvalue weighted by atomic mass is 16.5. The molecule has 18 nitrogen and oxygen atoms in total. The molecule has 0 bridgehead atoms. The number of rotatable bonds is 15. The number of nitrogens with zero attached hydrogens (tertiary/aromatic N) is 9. The molecule has 8 aliphatic carbocycles. The molecule has 18 fully saturated rings. The van der Waals surface area contributed by atoms with E-state index in [4.69, 9.17) is 4.74 Å². The van der Waals surface area contributed by atoms with Gasteiger partial charge in [0.1, 0.15) is 34.7 Å². The third-order valence-corrected chi connectivity index (χ3v) is 36.3. The van der Waals surface area contributed by atoms with E-state index in [1.165, 1.54) is 264 Å². The molecule has 0 aromatic carbocycles. The van der Waals surface area contributed by atoms with E-state index in [0.29, 0.717) is 141 Å². The number of likely N-dealkylation sites (tertiary alicyclic amines) is 9. The molecule has 1 N–H and O–H groups in total. The number of ether oxygens (including phenoxy) is 1. The second kappa shape index (κ2) is 45.8. The number of esters is 1. The van der Waals surface area contributed by atoms with Gasteiger partial charge in [-0.2, -0.15) is 0 Å². The van der Waals surface area contributed by atoms with Crippen molar-refractivity contribution in [3.63, 3.8) is 0 Å². The van der Waals surface area contributed by atoms with Crippen molar-refractivity contribution >= 4 is 40.7 Å². The number of carbonyl (C=O) groups is 7. The van der Waals surface area contributed by atoms with E-state index in [9.17, 15) is 33.6 Å². The van der Waals surface area contributed by atoms with Crippen LogP contribution in [0.15, 0.2) is 12.3 Å². The molecule has 8 saturated carbocycles. The Morgan fingerprint density at radius 2 is 0.508 bits per heavy atom. The third-order valence-electron chi connectivity index (χ3n) is 36.3. The summed E-state index contributed by atoms with van der Waals surface area (Å²) in [5.41, 5.74) is 5.47. The molecule has 9 spiro atoms. The topological polar surface area (TPSA) is 170 Å². The number of ketones is 6. The highest BCUT2D eigenvalue weighted by Gasteiger charge is 2.62. The van der Waals surface area contributed by atoms with Gasteiger partial charge in [0.15, 0.2) is 0 Å². The van der Waals surface area contributed by atoms with Crippen molar-refractivity contribution in [3.8, 4) is 0 Å². The Kier molecular flexibility index (Phi) is 39.3. The minimum Gasteiger partial charge on any atom is -0.466 e. The fourth-order valence-corrected chi connectivity index (χ4v) is 25.3. The van der Waals surface area contributed by atoms with Gasteiger partial charge in [-0.15, -0.1) is 0 Å². The van der Waals surface area contributed by atoms with Gasteiger partial charge >= 0.3 is 5.97 Å². The monoisotopic (exact) mass is 1760 g/mol. The Labute approximate surface area is 773 Å². The van der Waals surface area contributed by atoms with Gasteiger partial charge in [0, 0.05) is 122 Å². The SMILES string of the molecule is C.C.C=C1CC2(CCN(C(C)C)CC2)N1.CC(=O)C1CC12CCN(C(C)C)CC2.CC(=O)C1CC12CCN(C(C)C)CC2.CC(=O)C1CC12CCN(C(C)C)CC2.CC(=O)C1CC12CCN(C(C)C)CC2.CC(C)N1CCC2(CC1)CC(=O)CC(=O)C2.CC(C)N1CCC2(CC1)CC2.CC(C)N1CCC2(CCC2)CC1.CCOC(=O)C1CC12CCN(C(C)C)CC2. The second-order valence-electron chi connectivity index (χ2n) is 47.1. The van der Waals surface area contributed by atoms with Crippen LogP contribution in [-0.4, -0.2) is 269 Å². The molecule has 10 aliphatic heterocycles. The molecule has 18 heteroatoms. The van der Waals surface area contributed by atoms with Crippen LogP contribution in [0.2, 0.25) is 0 Å². The molecule has 126 heavy (non-hydrogen) atoms. The van der Waals surface area contributed by atoms with E-state index in [1.54, 1.807) is 27.7 Å². The van der Waals surface area contributed by atoms with Gasteiger partial charge in [0.05, 0.1) is 18.9 Å². The van der Waals surface area contributed by atoms with E-state index in [0.717, 1.165) is 68.4 Å². The van der Waals surface area contributed by atoms with E-state index in [1.807, 2.05) is 6.92 Å². The first kappa shape index (κ1) is 108. The number of hydrogen-bond acceptors (Lipinski definition) is 18. The zero-order valence-corrected chi connectivity index (χ0v) is 84.1. The van der Waals surface area contributed by atoms with Gasteiger partial charge in [-0.1, -0.05) is 27.9 Å². The third kappa shape index (κ3) is 28.6. The summed E-state index contributed by atoms with van der Waals surface area (Å²) in [4.78, 5) is 103. The van der Waals surface area contributed by atoms with Crippen molar-refractivity contribution in [1.29, 1.82) is 0 Å². The highest BCUT2D eigenvalue weighted by molar-refractivity contribution is 6.02. The summed E-state index contributed by atoms with van der Waals surface area (Å²) in [7, 11) is 0. The van der Waals surface area contributed by atoms with Crippen LogP contribution in [-0.2, 0) is 38.3 Å². The maximum absolute atomic E-state index is 11.7. The van der Waals surface area contributed by atoms with Gasteiger partial charge in [-0.05, 0) is 481 Å². The molecule has 726 valence electrons. The number of Topliss-reactive ketones (excluding diaryl/α,β-unsaturated/α-hetero) is 6. The van der Waals surface area contributed by atoms with Gasteiger partial charge in [0.2, 0.25) is 0 Å². The van der Waals surface area contributed by atoms with Crippen LogP contribution in [0.3, 0.4) is 0 Å². The Bertz CT molecular complexity index is 3200. The van der Waals surface area contributed by atoms with Crippen LogP contribution in [0.1, 0.15) is 380 Å². The maximum Gasteiger partial charge on any atom is 0.309 e. The van der Waals surface area contributed by atoms with Crippen LogP contribution >= 0.6 is 0 Å². The quantitative estimate of drug-likeness (QED) is 0.121. The Hall–Kier alpha value is -3.33. The first-order chi connectivity index (χ1) is 58.3. The summed E-state index contributed by atoms with van der Waals surface area (Å²) in [5.74, 6) is 3.91. The first-order valence-corrected chi connectivity index (χ1v) is 51.7. The Morgan fingerprint density at radius 3 is 0.690 bits per heavy atom. The van der Waals surface area contributed by atoms with E-state index in [-0.39, 0.29) is 50.1 Å². The minimum atomic E-state index is 0. The fraction of sp³-hybridized carbons (Fsp3) is 0.917. The predicted octanol–water partition coefficient (Wildman–Crippen LogP) is 20.1. The molecular weight excluding hydrogens is 1570 g/mol. The fourth-order valence-electron chi connectivity index (χ4n) is 25.3. The summed E-state index contributed by atoms with van der Waals surface area (Å²) < 4.78 is 5.12. The zero-order valence-electron chi connectivity index (χ0n) is 84.1. The molecule has 0 amide bonds. The van der Waals surface area contributed by atoms with Crippen molar-refractivity contribution in [2.45, 2.75) is 439 Å². The Morgan fingerprint density at radius 1 is 0.310 bits per heavy atom. The lowest BCUT2D eigenvalue weighted by atomic mass is 9.63. The van der Waals surface area contributed by atoms with Crippen LogP contribution in [0.5, 0.6) is 0 Å².